The highest BCUT2D eigenvalue weighted by Crippen LogP contribution is 2.30. The molecule has 0 amide bonds. The van der Waals surface area contributed by atoms with Gasteiger partial charge in [0, 0.05) is 44.1 Å². The highest BCUT2D eigenvalue weighted by Gasteiger charge is 2.16. The SMILES string of the molecule is CN1CCN(Cc2ccc3c(c2)CCc2ccccc2N3)CC1. The first-order chi connectivity index (χ1) is 11.3. The van der Waals surface area contributed by atoms with Crippen molar-refractivity contribution in [1.82, 2.24) is 9.80 Å². The molecule has 0 spiro atoms. The second-order valence-corrected chi connectivity index (χ2v) is 6.85. The molecule has 2 aliphatic rings. The van der Waals surface area contributed by atoms with Crippen LogP contribution in [0.25, 0.3) is 0 Å². The van der Waals surface area contributed by atoms with Crippen molar-refractivity contribution in [3.8, 4) is 0 Å². The Morgan fingerprint density at radius 1 is 0.870 bits per heavy atom. The number of benzene rings is 2. The van der Waals surface area contributed by atoms with Crippen molar-refractivity contribution in [2.45, 2.75) is 19.4 Å². The predicted octanol–water partition coefficient (Wildman–Crippen LogP) is 3.28. The van der Waals surface area contributed by atoms with Crippen molar-refractivity contribution in [2.75, 3.05) is 38.5 Å². The molecule has 120 valence electrons. The molecule has 0 radical (unpaired) electrons. The molecule has 4 rings (SSSR count). The third-order valence-electron chi connectivity index (χ3n) is 5.12. The van der Waals surface area contributed by atoms with E-state index < -0.39 is 0 Å². The minimum absolute atomic E-state index is 1.08. The standard InChI is InChI=1S/C20H25N3/c1-22-10-12-23(13-11-22)15-16-6-9-20-18(14-16)8-7-17-4-2-3-5-19(17)21-20/h2-6,9,14,21H,7-8,10-13,15H2,1H3. The van der Waals surface area contributed by atoms with Crippen LogP contribution in [0.3, 0.4) is 0 Å². The summed E-state index contributed by atoms with van der Waals surface area (Å²) in [4.78, 5) is 4.98. The Morgan fingerprint density at radius 3 is 2.48 bits per heavy atom. The quantitative estimate of drug-likeness (QED) is 0.918. The third kappa shape index (κ3) is 3.26. The van der Waals surface area contributed by atoms with Crippen LogP contribution in [0.5, 0.6) is 0 Å². The lowest BCUT2D eigenvalue weighted by atomic mass is 10.0. The van der Waals surface area contributed by atoms with Crippen molar-refractivity contribution < 1.29 is 0 Å². The van der Waals surface area contributed by atoms with E-state index in [2.05, 4.69) is 64.6 Å². The molecular weight excluding hydrogens is 282 g/mol. The molecule has 1 fully saturated rings. The first-order valence-corrected chi connectivity index (χ1v) is 8.65. The lowest BCUT2D eigenvalue weighted by Crippen LogP contribution is -2.43. The van der Waals surface area contributed by atoms with Crippen LogP contribution in [-0.2, 0) is 19.4 Å². The number of likely N-dealkylation sites (N-methyl/N-ethyl adjacent to an activating group) is 1. The van der Waals surface area contributed by atoms with Crippen LogP contribution in [0.2, 0.25) is 0 Å². The Bertz CT molecular complexity index is 687. The highest BCUT2D eigenvalue weighted by molar-refractivity contribution is 5.68. The van der Waals surface area contributed by atoms with Gasteiger partial charge in [0.25, 0.3) is 0 Å². The van der Waals surface area contributed by atoms with Gasteiger partial charge in [-0.25, -0.2) is 0 Å². The van der Waals surface area contributed by atoms with Crippen molar-refractivity contribution in [3.05, 3.63) is 59.2 Å². The predicted molar refractivity (Wildman–Crippen MR) is 96.3 cm³/mol. The Hall–Kier alpha value is -1.84. The number of hydrogen-bond acceptors (Lipinski definition) is 3. The average molecular weight is 307 g/mol. The summed E-state index contributed by atoms with van der Waals surface area (Å²) in [5.74, 6) is 0. The number of aryl methyl sites for hydroxylation is 2. The summed E-state index contributed by atoms with van der Waals surface area (Å²) in [6.07, 6.45) is 2.24. The number of nitrogens with one attached hydrogen (secondary N) is 1. The van der Waals surface area contributed by atoms with E-state index in [0.717, 1.165) is 19.4 Å². The van der Waals surface area contributed by atoms with Crippen LogP contribution in [-0.4, -0.2) is 43.0 Å². The van der Waals surface area contributed by atoms with Gasteiger partial charge in [-0.2, -0.15) is 0 Å². The summed E-state index contributed by atoms with van der Waals surface area (Å²) in [7, 11) is 2.21. The van der Waals surface area contributed by atoms with Crippen LogP contribution in [0, 0.1) is 0 Å². The van der Waals surface area contributed by atoms with Gasteiger partial charge in [-0.3, -0.25) is 4.90 Å². The van der Waals surface area contributed by atoms with Gasteiger partial charge >= 0.3 is 0 Å². The van der Waals surface area contributed by atoms with Gasteiger partial charge in [0.05, 0.1) is 0 Å². The maximum Gasteiger partial charge on any atom is 0.0417 e. The van der Waals surface area contributed by atoms with Gasteiger partial charge in [0.15, 0.2) is 0 Å². The van der Waals surface area contributed by atoms with Gasteiger partial charge in [-0.05, 0) is 48.7 Å². The van der Waals surface area contributed by atoms with Gasteiger partial charge in [-0.1, -0.05) is 30.3 Å². The maximum absolute atomic E-state index is 3.62. The zero-order valence-electron chi connectivity index (χ0n) is 13.9. The molecule has 0 aromatic heterocycles. The summed E-state index contributed by atoms with van der Waals surface area (Å²) in [5.41, 5.74) is 6.85. The molecule has 1 saturated heterocycles. The Morgan fingerprint density at radius 2 is 1.61 bits per heavy atom. The van der Waals surface area contributed by atoms with Crippen molar-refractivity contribution in [2.24, 2.45) is 0 Å². The first-order valence-electron chi connectivity index (χ1n) is 8.65. The molecule has 23 heavy (non-hydrogen) atoms. The van der Waals surface area contributed by atoms with Crippen LogP contribution in [0.4, 0.5) is 11.4 Å². The number of para-hydroxylation sites is 1. The van der Waals surface area contributed by atoms with Gasteiger partial charge in [-0.15, -0.1) is 0 Å². The zero-order chi connectivity index (χ0) is 15.6. The van der Waals surface area contributed by atoms with Gasteiger partial charge in [0.2, 0.25) is 0 Å². The van der Waals surface area contributed by atoms with Crippen molar-refractivity contribution >= 4 is 11.4 Å². The molecule has 0 unspecified atom stereocenters. The smallest absolute Gasteiger partial charge is 0.0417 e. The topological polar surface area (TPSA) is 18.5 Å². The molecule has 0 aliphatic carbocycles. The average Bonchev–Trinajstić information content (AvgIpc) is 2.76. The molecule has 0 saturated carbocycles. The third-order valence-corrected chi connectivity index (χ3v) is 5.12. The lowest BCUT2D eigenvalue weighted by Gasteiger charge is -2.32. The van der Waals surface area contributed by atoms with Crippen LogP contribution < -0.4 is 5.32 Å². The fourth-order valence-corrected chi connectivity index (χ4v) is 3.61. The van der Waals surface area contributed by atoms with Crippen LogP contribution in [0.15, 0.2) is 42.5 Å². The number of nitrogens with zero attached hydrogens (tertiary/aromatic N) is 2. The van der Waals surface area contributed by atoms with E-state index in [-0.39, 0.29) is 0 Å². The lowest BCUT2D eigenvalue weighted by molar-refractivity contribution is 0.148. The molecule has 1 N–H and O–H groups in total. The molecule has 0 bridgehead atoms. The van der Waals surface area contributed by atoms with Gasteiger partial charge in [0.1, 0.15) is 0 Å². The minimum atomic E-state index is 1.08. The molecule has 2 aliphatic heterocycles. The summed E-state index contributed by atoms with van der Waals surface area (Å²) in [6.45, 7) is 5.80. The fraction of sp³-hybridized carbons (Fsp3) is 0.400. The Balaban J connectivity index is 1.51. The second-order valence-electron chi connectivity index (χ2n) is 6.85. The van der Waals surface area contributed by atoms with E-state index >= 15 is 0 Å². The Kier molecular flexibility index (Phi) is 4.06. The van der Waals surface area contributed by atoms with Crippen LogP contribution >= 0.6 is 0 Å². The Labute approximate surface area is 138 Å². The van der Waals surface area contributed by atoms with E-state index in [4.69, 9.17) is 0 Å². The monoisotopic (exact) mass is 307 g/mol. The number of rotatable bonds is 2. The number of anilines is 2. The second kappa shape index (κ2) is 6.34. The first kappa shape index (κ1) is 14.7. The fourth-order valence-electron chi connectivity index (χ4n) is 3.61. The van der Waals surface area contributed by atoms with E-state index in [1.807, 2.05) is 0 Å². The summed E-state index contributed by atoms with van der Waals surface area (Å²) in [5, 5.41) is 3.62. The highest BCUT2D eigenvalue weighted by atomic mass is 15.2. The van der Waals surface area contributed by atoms with E-state index in [9.17, 15) is 0 Å². The van der Waals surface area contributed by atoms with E-state index in [0.29, 0.717) is 0 Å². The van der Waals surface area contributed by atoms with Gasteiger partial charge < -0.3 is 10.2 Å². The minimum Gasteiger partial charge on any atom is -0.355 e. The molecule has 2 aromatic rings. The summed E-state index contributed by atoms with van der Waals surface area (Å²) < 4.78 is 0. The maximum atomic E-state index is 3.62. The van der Waals surface area contributed by atoms with Crippen LogP contribution in [0.1, 0.15) is 16.7 Å². The normalized spacial score (nSPS) is 18.7. The molecular formula is C20H25N3. The largest absolute Gasteiger partial charge is 0.355 e. The number of piperazine rings is 1. The molecule has 0 atom stereocenters. The van der Waals surface area contributed by atoms with Crippen molar-refractivity contribution in [1.29, 1.82) is 0 Å². The number of hydrogen-bond donors (Lipinski definition) is 1. The van der Waals surface area contributed by atoms with E-state index in [1.54, 1.807) is 0 Å². The van der Waals surface area contributed by atoms with E-state index in [1.165, 1.54) is 54.2 Å². The van der Waals surface area contributed by atoms with Crippen molar-refractivity contribution in [3.63, 3.8) is 0 Å². The number of fused-ring (bicyclic) bond motifs is 2. The molecule has 3 nitrogen and oxygen atoms in total. The zero-order valence-corrected chi connectivity index (χ0v) is 13.9. The molecule has 2 aromatic carbocycles. The summed E-state index contributed by atoms with van der Waals surface area (Å²) in [6, 6.07) is 15.6. The molecule has 2 heterocycles. The summed E-state index contributed by atoms with van der Waals surface area (Å²) >= 11 is 0. The molecule has 3 heteroatoms.